The maximum absolute atomic E-state index is 11.1. The molecule has 1 aliphatic rings. The highest BCUT2D eigenvalue weighted by atomic mass is 16.3. The van der Waals surface area contributed by atoms with E-state index < -0.39 is 5.60 Å². The number of carbonyl (C=O) groups excluding carboxylic acids is 1. The molecule has 32 heavy (non-hydrogen) atoms. The third kappa shape index (κ3) is 11.5. The molecule has 4 N–H and O–H groups in total. The maximum atomic E-state index is 11.1. The monoisotopic (exact) mass is 447 g/mol. The van der Waals surface area contributed by atoms with Gasteiger partial charge in [-0.1, -0.05) is 49.1 Å². The van der Waals surface area contributed by atoms with Crippen molar-refractivity contribution in [3.05, 3.63) is 34.4 Å². The van der Waals surface area contributed by atoms with Crippen LogP contribution in [0, 0.1) is 11.8 Å². The molecule has 0 radical (unpaired) electrons. The number of hydrogen-bond acceptors (Lipinski definition) is 3. The molecule has 0 saturated carbocycles. The first-order chi connectivity index (χ1) is 14.9. The van der Waals surface area contributed by atoms with E-state index >= 15 is 0 Å². The van der Waals surface area contributed by atoms with Crippen LogP contribution in [0.2, 0.25) is 0 Å². The van der Waals surface area contributed by atoms with E-state index in [2.05, 4.69) is 32.9 Å². The van der Waals surface area contributed by atoms with Gasteiger partial charge in [0.05, 0.1) is 11.7 Å². The fourth-order valence-corrected chi connectivity index (χ4v) is 4.40. The van der Waals surface area contributed by atoms with Gasteiger partial charge in [-0.2, -0.15) is 0 Å². The number of primary amides is 1. The molecule has 4 unspecified atom stereocenters. The summed E-state index contributed by atoms with van der Waals surface area (Å²) in [7, 11) is 0. The normalized spacial score (nSPS) is 21.2. The van der Waals surface area contributed by atoms with Gasteiger partial charge in [-0.15, -0.1) is 0 Å². The molecule has 4 nitrogen and oxygen atoms in total. The van der Waals surface area contributed by atoms with Gasteiger partial charge in [-0.3, -0.25) is 4.79 Å². The maximum Gasteiger partial charge on any atom is 0.220 e. The molecule has 1 aliphatic carbocycles. The van der Waals surface area contributed by atoms with Crippen molar-refractivity contribution in [3.63, 3.8) is 0 Å². The van der Waals surface area contributed by atoms with Crippen LogP contribution in [0.1, 0.15) is 112 Å². The first-order valence-electron chi connectivity index (χ1n) is 12.6. The van der Waals surface area contributed by atoms with E-state index in [-0.39, 0.29) is 17.9 Å². The Kier molecular flexibility index (Phi) is 12.5. The van der Waals surface area contributed by atoms with Crippen LogP contribution in [0.3, 0.4) is 0 Å². The fraction of sp³-hybridized carbons (Fsp3) is 0.750. The lowest BCUT2D eigenvalue weighted by atomic mass is 9.87. The molecule has 1 amide bonds. The Hall–Kier alpha value is -1.39. The molecule has 0 spiro atoms. The lowest BCUT2D eigenvalue weighted by Crippen LogP contribution is -2.25. The van der Waals surface area contributed by atoms with Crippen LogP contribution in [0.4, 0.5) is 0 Å². The molecule has 1 rings (SSSR count). The first kappa shape index (κ1) is 28.6. The summed E-state index contributed by atoms with van der Waals surface area (Å²) in [4.78, 5) is 11.1. The van der Waals surface area contributed by atoms with E-state index in [0.717, 1.165) is 50.5 Å². The second-order valence-corrected chi connectivity index (χ2v) is 10.7. The SMILES string of the molecule is CC1=C(C)C(O)C=C(CCC(C)CCC/C(C)=C/CCC(C)(O)CCCC(C)C(N)=O)C1. The molecule has 0 fully saturated rings. The second-order valence-electron chi connectivity index (χ2n) is 10.7. The number of aliphatic hydroxyl groups excluding tert-OH is 1. The van der Waals surface area contributed by atoms with Crippen molar-refractivity contribution in [2.45, 2.75) is 124 Å². The number of nitrogens with two attached hydrogens (primary N) is 1. The van der Waals surface area contributed by atoms with Crippen molar-refractivity contribution in [2.24, 2.45) is 17.6 Å². The second kappa shape index (κ2) is 14.0. The van der Waals surface area contributed by atoms with Crippen molar-refractivity contribution in [3.8, 4) is 0 Å². The van der Waals surface area contributed by atoms with Crippen molar-refractivity contribution in [1.82, 2.24) is 0 Å². The summed E-state index contributed by atoms with van der Waals surface area (Å²) in [5.41, 5.74) is 9.85. The zero-order valence-corrected chi connectivity index (χ0v) is 21.5. The van der Waals surface area contributed by atoms with Gasteiger partial charge >= 0.3 is 0 Å². The molecular weight excluding hydrogens is 398 g/mol. The van der Waals surface area contributed by atoms with Gasteiger partial charge < -0.3 is 15.9 Å². The smallest absolute Gasteiger partial charge is 0.220 e. The summed E-state index contributed by atoms with van der Waals surface area (Å²) in [5, 5.41) is 20.7. The molecule has 0 aliphatic heterocycles. The quantitative estimate of drug-likeness (QED) is 0.255. The number of rotatable bonds is 15. The largest absolute Gasteiger partial charge is 0.390 e. The topological polar surface area (TPSA) is 83.6 Å². The van der Waals surface area contributed by atoms with Gasteiger partial charge in [-0.25, -0.2) is 0 Å². The van der Waals surface area contributed by atoms with Gasteiger partial charge in [0.25, 0.3) is 0 Å². The molecule has 4 heteroatoms. The average Bonchev–Trinajstić information content (AvgIpc) is 2.69. The molecule has 0 aromatic rings. The third-order valence-corrected chi connectivity index (χ3v) is 7.24. The highest BCUT2D eigenvalue weighted by Crippen LogP contribution is 2.29. The minimum Gasteiger partial charge on any atom is -0.390 e. The Balaban J connectivity index is 2.22. The van der Waals surface area contributed by atoms with Crippen LogP contribution in [-0.4, -0.2) is 27.8 Å². The van der Waals surface area contributed by atoms with Crippen molar-refractivity contribution >= 4 is 5.91 Å². The van der Waals surface area contributed by atoms with E-state index in [1.807, 2.05) is 20.8 Å². The zero-order valence-electron chi connectivity index (χ0n) is 21.5. The van der Waals surface area contributed by atoms with Crippen molar-refractivity contribution in [2.75, 3.05) is 0 Å². The van der Waals surface area contributed by atoms with E-state index in [0.29, 0.717) is 12.3 Å². The van der Waals surface area contributed by atoms with E-state index in [1.165, 1.54) is 36.0 Å². The molecule has 0 heterocycles. The van der Waals surface area contributed by atoms with E-state index in [1.54, 1.807) is 0 Å². The standard InChI is InChI=1S/C28H49NO3/c1-20(12-8-16-28(6,32)17-9-13-22(3)27(29)31)10-7-11-21(2)14-15-25-18-23(4)24(5)26(30)19-25/h12,19,21-22,26,30,32H,7-11,13-18H2,1-6H3,(H2,29,31)/b20-12+. The molecule has 0 aromatic carbocycles. The van der Waals surface area contributed by atoms with Gasteiger partial charge in [0, 0.05) is 5.92 Å². The van der Waals surface area contributed by atoms with Crippen LogP contribution >= 0.6 is 0 Å². The predicted octanol–water partition coefficient (Wildman–Crippen LogP) is 6.37. The average molecular weight is 448 g/mol. The summed E-state index contributed by atoms with van der Waals surface area (Å²) in [6.07, 6.45) is 14.7. The van der Waals surface area contributed by atoms with Crippen molar-refractivity contribution in [1.29, 1.82) is 0 Å². The summed E-state index contributed by atoms with van der Waals surface area (Å²) in [6.45, 7) is 12.4. The van der Waals surface area contributed by atoms with Crippen LogP contribution in [0.15, 0.2) is 34.4 Å². The number of aliphatic hydroxyl groups is 2. The van der Waals surface area contributed by atoms with Crippen LogP contribution in [0.5, 0.6) is 0 Å². The van der Waals surface area contributed by atoms with Gasteiger partial charge in [0.15, 0.2) is 0 Å². The Labute approximate surface area is 197 Å². The van der Waals surface area contributed by atoms with Gasteiger partial charge in [-0.05, 0) is 103 Å². The van der Waals surface area contributed by atoms with Gasteiger partial charge in [0.1, 0.15) is 0 Å². The first-order valence-corrected chi connectivity index (χ1v) is 12.6. The third-order valence-electron chi connectivity index (χ3n) is 7.24. The minimum absolute atomic E-state index is 0.119. The number of allylic oxidation sites excluding steroid dienone is 4. The summed E-state index contributed by atoms with van der Waals surface area (Å²) >= 11 is 0. The fourth-order valence-electron chi connectivity index (χ4n) is 4.40. The molecule has 184 valence electrons. The summed E-state index contributed by atoms with van der Waals surface area (Å²) in [6, 6.07) is 0. The Morgan fingerprint density at radius 3 is 2.53 bits per heavy atom. The summed E-state index contributed by atoms with van der Waals surface area (Å²) < 4.78 is 0. The van der Waals surface area contributed by atoms with Crippen LogP contribution < -0.4 is 5.73 Å². The van der Waals surface area contributed by atoms with Gasteiger partial charge in [0.2, 0.25) is 5.91 Å². The lowest BCUT2D eigenvalue weighted by molar-refractivity contribution is -0.121. The van der Waals surface area contributed by atoms with Crippen LogP contribution in [-0.2, 0) is 4.79 Å². The van der Waals surface area contributed by atoms with E-state index in [9.17, 15) is 15.0 Å². The lowest BCUT2D eigenvalue weighted by Gasteiger charge is -2.23. The highest BCUT2D eigenvalue weighted by molar-refractivity contribution is 5.76. The van der Waals surface area contributed by atoms with Crippen LogP contribution in [0.25, 0.3) is 0 Å². The Morgan fingerprint density at radius 1 is 1.22 bits per heavy atom. The minimum atomic E-state index is -0.684. The molecule has 0 bridgehead atoms. The highest BCUT2D eigenvalue weighted by Gasteiger charge is 2.20. The van der Waals surface area contributed by atoms with E-state index in [4.69, 9.17) is 5.73 Å². The molecule has 4 atom stereocenters. The molecule has 0 saturated heterocycles. The number of amides is 1. The summed E-state index contributed by atoms with van der Waals surface area (Å²) in [5.74, 6) is 0.313. The predicted molar refractivity (Wildman–Crippen MR) is 135 cm³/mol. The zero-order chi connectivity index (χ0) is 24.3. The number of hydrogen-bond donors (Lipinski definition) is 3. The Morgan fingerprint density at radius 2 is 1.91 bits per heavy atom. The van der Waals surface area contributed by atoms with Crippen molar-refractivity contribution < 1.29 is 15.0 Å². The molecule has 0 aromatic heterocycles. The number of carbonyl (C=O) groups is 1. The molecular formula is C28H49NO3. The Bertz CT molecular complexity index is 687.